The molecule has 20 heavy (non-hydrogen) atoms. The summed E-state index contributed by atoms with van der Waals surface area (Å²) in [4.78, 5) is 0. The SMILES string of the molecule is N#Cc1ccc(C2CCC(CC=CC(F)F)CC2)cc1. The van der Waals surface area contributed by atoms with E-state index in [1.54, 1.807) is 6.08 Å². The minimum atomic E-state index is -2.33. The molecule has 0 aliphatic heterocycles. The van der Waals surface area contributed by atoms with Gasteiger partial charge in [0.1, 0.15) is 0 Å². The average molecular weight is 275 g/mol. The van der Waals surface area contributed by atoms with Crippen LogP contribution in [0, 0.1) is 17.2 Å². The van der Waals surface area contributed by atoms with Gasteiger partial charge in [-0.05, 0) is 67.7 Å². The molecule has 0 heterocycles. The third-order valence-corrected chi connectivity index (χ3v) is 4.11. The molecule has 3 heteroatoms. The molecule has 1 aliphatic rings. The normalized spacial score (nSPS) is 23.1. The van der Waals surface area contributed by atoms with Crippen molar-refractivity contribution in [2.75, 3.05) is 0 Å². The van der Waals surface area contributed by atoms with Crippen molar-refractivity contribution in [2.24, 2.45) is 5.92 Å². The largest absolute Gasteiger partial charge is 0.257 e. The van der Waals surface area contributed by atoms with Gasteiger partial charge in [0.15, 0.2) is 0 Å². The number of allylic oxidation sites excluding steroid dienone is 2. The topological polar surface area (TPSA) is 23.8 Å². The summed E-state index contributed by atoms with van der Waals surface area (Å²) >= 11 is 0. The Hall–Kier alpha value is -1.69. The Morgan fingerprint density at radius 3 is 2.35 bits per heavy atom. The third-order valence-electron chi connectivity index (χ3n) is 4.11. The van der Waals surface area contributed by atoms with Gasteiger partial charge in [0.2, 0.25) is 0 Å². The van der Waals surface area contributed by atoms with E-state index in [2.05, 4.69) is 6.07 Å². The van der Waals surface area contributed by atoms with E-state index in [1.165, 1.54) is 5.56 Å². The summed E-state index contributed by atoms with van der Waals surface area (Å²) < 4.78 is 24.0. The summed E-state index contributed by atoms with van der Waals surface area (Å²) in [6, 6.07) is 9.95. The quantitative estimate of drug-likeness (QED) is 0.706. The van der Waals surface area contributed by atoms with Crippen LogP contribution in [-0.4, -0.2) is 6.43 Å². The van der Waals surface area contributed by atoms with Crippen molar-refractivity contribution < 1.29 is 8.78 Å². The minimum Gasteiger partial charge on any atom is -0.206 e. The molecule has 1 fully saturated rings. The Balaban J connectivity index is 1.83. The fourth-order valence-electron chi connectivity index (χ4n) is 2.94. The van der Waals surface area contributed by atoms with Crippen LogP contribution in [0.1, 0.15) is 49.1 Å². The fourth-order valence-corrected chi connectivity index (χ4v) is 2.94. The highest BCUT2D eigenvalue weighted by molar-refractivity contribution is 5.33. The van der Waals surface area contributed by atoms with Crippen molar-refractivity contribution in [3.63, 3.8) is 0 Å². The first-order chi connectivity index (χ1) is 9.69. The Morgan fingerprint density at radius 2 is 1.80 bits per heavy atom. The van der Waals surface area contributed by atoms with Gasteiger partial charge < -0.3 is 0 Å². The molecule has 0 radical (unpaired) electrons. The van der Waals surface area contributed by atoms with E-state index in [1.807, 2.05) is 24.3 Å². The van der Waals surface area contributed by atoms with Crippen LogP contribution in [0.3, 0.4) is 0 Å². The van der Waals surface area contributed by atoms with Crippen LogP contribution in [-0.2, 0) is 0 Å². The lowest BCUT2D eigenvalue weighted by atomic mass is 9.77. The first kappa shape index (κ1) is 14.7. The van der Waals surface area contributed by atoms with Gasteiger partial charge in [-0.25, -0.2) is 8.78 Å². The van der Waals surface area contributed by atoms with E-state index >= 15 is 0 Å². The summed E-state index contributed by atoms with van der Waals surface area (Å²) in [5.41, 5.74) is 1.99. The molecule has 0 bridgehead atoms. The van der Waals surface area contributed by atoms with Crippen molar-refractivity contribution in [3.05, 3.63) is 47.5 Å². The van der Waals surface area contributed by atoms with Gasteiger partial charge in [0.25, 0.3) is 6.43 Å². The number of halogens is 2. The molecule has 0 aromatic heterocycles. The summed E-state index contributed by atoms with van der Waals surface area (Å²) in [5, 5.41) is 8.79. The summed E-state index contributed by atoms with van der Waals surface area (Å²) in [7, 11) is 0. The van der Waals surface area contributed by atoms with Crippen LogP contribution in [0.2, 0.25) is 0 Å². The van der Waals surface area contributed by atoms with E-state index in [9.17, 15) is 8.78 Å². The summed E-state index contributed by atoms with van der Waals surface area (Å²) in [6.07, 6.45) is 5.47. The van der Waals surface area contributed by atoms with Gasteiger partial charge >= 0.3 is 0 Å². The maximum Gasteiger partial charge on any atom is 0.257 e. The highest BCUT2D eigenvalue weighted by Gasteiger charge is 2.21. The molecule has 1 nitrogen and oxygen atoms in total. The Morgan fingerprint density at radius 1 is 1.15 bits per heavy atom. The second-order valence-electron chi connectivity index (χ2n) is 5.45. The van der Waals surface area contributed by atoms with E-state index in [-0.39, 0.29) is 0 Å². The lowest BCUT2D eigenvalue weighted by Gasteiger charge is -2.28. The van der Waals surface area contributed by atoms with Crippen molar-refractivity contribution in [3.8, 4) is 6.07 Å². The summed E-state index contributed by atoms with van der Waals surface area (Å²) in [6.45, 7) is 0. The third kappa shape index (κ3) is 4.16. The van der Waals surface area contributed by atoms with Gasteiger partial charge in [-0.15, -0.1) is 0 Å². The number of hydrogen-bond acceptors (Lipinski definition) is 1. The number of alkyl halides is 2. The molecule has 106 valence electrons. The second kappa shape index (κ2) is 7.19. The van der Waals surface area contributed by atoms with Crippen LogP contribution < -0.4 is 0 Å². The van der Waals surface area contributed by atoms with Crippen molar-refractivity contribution in [1.82, 2.24) is 0 Å². The molecule has 0 spiro atoms. The Bertz CT molecular complexity index is 477. The molecule has 0 N–H and O–H groups in total. The van der Waals surface area contributed by atoms with Gasteiger partial charge in [0, 0.05) is 0 Å². The standard InChI is InChI=1S/C17H19F2N/c18-17(19)3-1-2-13-4-8-15(9-5-13)16-10-6-14(12-20)7-11-16/h1,3,6-7,10-11,13,15,17H,2,4-5,8-9H2. The molecule has 1 aliphatic carbocycles. The van der Waals surface area contributed by atoms with E-state index < -0.39 is 6.43 Å². The molecule has 2 rings (SSSR count). The van der Waals surface area contributed by atoms with Crippen LogP contribution in [0.5, 0.6) is 0 Å². The van der Waals surface area contributed by atoms with E-state index in [4.69, 9.17) is 5.26 Å². The predicted octanol–water partition coefficient (Wildman–Crippen LogP) is 5.04. The van der Waals surface area contributed by atoms with Crippen molar-refractivity contribution in [1.29, 1.82) is 5.26 Å². The number of nitrogens with zero attached hydrogens (tertiary/aromatic N) is 1. The average Bonchev–Trinajstić information content (AvgIpc) is 2.48. The zero-order valence-corrected chi connectivity index (χ0v) is 11.4. The second-order valence-corrected chi connectivity index (χ2v) is 5.45. The molecule has 0 atom stereocenters. The molecular weight excluding hydrogens is 256 g/mol. The maximum atomic E-state index is 12.0. The van der Waals surface area contributed by atoms with Gasteiger partial charge in [0.05, 0.1) is 11.6 Å². The molecular formula is C17H19F2N. The zero-order chi connectivity index (χ0) is 14.4. The predicted molar refractivity (Wildman–Crippen MR) is 75.6 cm³/mol. The monoisotopic (exact) mass is 275 g/mol. The number of hydrogen-bond donors (Lipinski definition) is 0. The van der Waals surface area contributed by atoms with Crippen LogP contribution in [0.15, 0.2) is 36.4 Å². The Kier molecular flexibility index (Phi) is 5.29. The fraction of sp³-hybridized carbons (Fsp3) is 0.471. The van der Waals surface area contributed by atoms with Gasteiger partial charge in [-0.2, -0.15) is 5.26 Å². The maximum absolute atomic E-state index is 12.0. The van der Waals surface area contributed by atoms with Crippen LogP contribution in [0.25, 0.3) is 0 Å². The number of benzene rings is 1. The molecule has 1 saturated carbocycles. The molecule has 1 aromatic rings. The molecule has 1 aromatic carbocycles. The lowest BCUT2D eigenvalue weighted by Crippen LogP contribution is -2.12. The molecule has 0 saturated heterocycles. The van der Waals surface area contributed by atoms with Crippen LogP contribution in [0.4, 0.5) is 8.78 Å². The van der Waals surface area contributed by atoms with Gasteiger partial charge in [-0.3, -0.25) is 0 Å². The lowest BCUT2D eigenvalue weighted by molar-refractivity contribution is 0.203. The van der Waals surface area contributed by atoms with E-state index in [0.29, 0.717) is 17.4 Å². The smallest absolute Gasteiger partial charge is 0.206 e. The van der Waals surface area contributed by atoms with E-state index in [0.717, 1.165) is 38.2 Å². The molecule has 0 amide bonds. The number of rotatable bonds is 4. The summed E-state index contributed by atoms with van der Waals surface area (Å²) in [5.74, 6) is 1.10. The minimum absolute atomic E-state index is 0.541. The van der Waals surface area contributed by atoms with Crippen molar-refractivity contribution >= 4 is 0 Å². The first-order valence-electron chi connectivity index (χ1n) is 7.14. The molecule has 0 unspecified atom stereocenters. The Labute approximate surface area is 118 Å². The highest BCUT2D eigenvalue weighted by atomic mass is 19.3. The highest BCUT2D eigenvalue weighted by Crippen LogP contribution is 2.37. The zero-order valence-electron chi connectivity index (χ0n) is 11.4. The first-order valence-corrected chi connectivity index (χ1v) is 7.14. The van der Waals surface area contributed by atoms with Crippen LogP contribution >= 0.6 is 0 Å². The van der Waals surface area contributed by atoms with Gasteiger partial charge in [-0.1, -0.05) is 18.2 Å². The number of nitriles is 1. The van der Waals surface area contributed by atoms with Crippen molar-refractivity contribution in [2.45, 2.75) is 44.4 Å².